The lowest BCUT2D eigenvalue weighted by atomic mass is 10.0. The molecule has 0 spiro atoms. The highest BCUT2D eigenvalue weighted by Crippen LogP contribution is 2.31. The van der Waals surface area contributed by atoms with Crippen LogP contribution in [0.2, 0.25) is 0 Å². The molecular weight excluding hydrogens is 236 g/mol. The monoisotopic (exact) mass is 239 g/mol. The smallest absolute Gasteiger partial charge is 0.280 e. The normalized spacial score (nSPS) is 31.1. The Morgan fingerprint density at radius 2 is 2.29 bits per heavy atom. The Morgan fingerprint density at radius 1 is 1.71 bits per heavy atom. The third-order valence-electron chi connectivity index (χ3n) is 1.68. The minimum absolute atomic E-state index is 0.285. The Labute approximate surface area is 88.1 Å². The Morgan fingerprint density at radius 3 is 2.64 bits per heavy atom. The minimum Gasteiger partial charge on any atom is -0.280 e. The van der Waals surface area contributed by atoms with Crippen LogP contribution in [0, 0.1) is 16.0 Å². The van der Waals surface area contributed by atoms with E-state index < -0.39 is 21.9 Å². The zero-order valence-electron chi connectivity index (χ0n) is 6.62. The first-order valence-corrected chi connectivity index (χ1v) is 4.23. The van der Waals surface area contributed by atoms with Crippen molar-refractivity contribution in [3.8, 4) is 0 Å². The van der Waals surface area contributed by atoms with Gasteiger partial charge in [-0.15, -0.1) is 0 Å². The third-order valence-corrected chi connectivity index (χ3v) is 2.26. The van der Waals surface area contributed by atoms with Gasteiger partial charge in [0.05, 0.1) is 10.8 Å². The van der Waals surface area contributed by atoms with Gasteiger partial charge < -0.3 is 0 Å². The van der Waals surface area contributed by atoms with Crippen molar-refractivity contribution < 1.29 is 14.1 Å². The van der Waals surface area contributed by atoms with Crippen LogP contribution in [0.3, 0.4) is 0 Å². The van der Waals surface area contributed by atoms with Gasteiger partial charge in [-0.3, -0.25) is 14.9 Å². The lowest BCUT2D eigenvalue weighted by molar-refractivity contribution is -0.573. The largest absolute Gasteiger partial charge is 0.398 e. The molecule has 0 fully saturated rings. The quantitative estimate of drug-likeness (QED) is 0.244. The van der Waals surface area contributed by atoms with Crippen LogP contribution < -0.4 is 0 Å². The lowest BCUT2D eigenvalue weighted by Crippen LogP contribution is -2.31. The SMILES string of the molecule is O=C(Cl)C1C=CC(F)([N+](=O)[O-])C=C1Cl. The standard InChI is InChI=1S/C7H4Cl2FNO3/c8-5-3-7(10,11(13)14)2-1-4(5)6(9)12/h1-4H. The summed E-state index contributed by atoms with van der Waals surface area (Å²) < 4.78 is 13.3. The molecule has 0 bridgehead atoms. The average Bonchev–Trinajstić information content (AvgIpc) is 2.02. The van der Waals surface area contributed by atoms with Crippen LogP contribution in [-0.2, 0) is 4.79 Å². The second-order valence-corrected chi connectivity index (χ2v) is 3.46. The first-order valence-electron chi connectivity index (χ1n) is 3.47. The van der Waals surface area contributed by atoms with E-state index in [0.717, 1.165) is 6.08 Å². The molecule has 1 aliphatic rings. The molecule has 0 aromatic carbocycles. The molecule has 0 aromatic rings. The molecule has 14 heavy (non-hydrogen) atoms. The van der Waals surface area contributed by atoms with E-state index in [1.165, 1.54) is 0 Å². The molecule has 0 amide bonds. The van der Waals surface area contributed by atoms with Gasteiger partial charge in [-0.2, -0.15) is 4.39 Å². The summed E-state index contributed by atoms with van der Waals surface area (Å²) in [4.78, 5) is 19.8. The molecule has 0 saturated heterocycles. The fourth-order valence-corrected chi connectivity index (χ4v) is 1.52. The number of nitrogens with zero attached hydrogens (tertiary/aromatic N) is 1. The molecule has 0 saturated carbocycles. The first-order chi connectivity index (χ1) is 6.37. The Hall–Kier alpha value is -0.940. The Balaban J connectivity index is 3.02. The fourth-order valence-electron chi connectivity index (χ4n) is 0.952. The number of allylic oxidation sites excluding steroid dienone is 2. The van der Waals surface area contributed by atoms with Gasteiger partial charge in [-0.1, -0.05) is 17.7 Å². The van der Waals surface area contributed by atoms with Crippen molar-refractivity contribution >= 4 is 28.4 Å². The van der Waals surface area contributed by atoms with E-state index in [4.69, 9.17) is 23.2 Å². The Bertz CT molecular complexity index is 355. The maximum absolute atomic E-state index is 13.3. The molecule has 0 radical (unpaired) electrons. The zero-order chi connectivity index (χ0) is 10.9. The second kappa shape index (κ2) is 3.67. The molecule has 2 atom stereocenters. The number of hydrogen-bond acceptors (Lipinski definition) is 3. The van der Waals surface area contributed by atoms with E-state index in [-0.39, 0.29) is 5.03 Å². The highest BCUT2D eigenvalue weighted by Gasteiger charge is 2.42. The van der Waals surface area contributed by atoms with Gasteiger partial charge >= 0.3 is 5.79 Å². The predicted molar refractivity (Wildman–Crippen MR) is 48.3 cm³/mol. The molecule has 2 unspecified atom stereocenters. The van der Waals surface area contributed by atoms with Crippen molar-refractivity contribution in [1.29, 1.82) is 0 Å². The van der Waals surface area contributed by atoms with E-state index in [1.807, 2.05) is 0 Å². The van der Waals surface area contributed by atoms with E-state index in [2.05, 4.69) is 0 Å². The van der Waals surface area contributed by atoms with Crippen LogP contribution in [0.5, 0.6) is 0 Å². The third kappa shape index (κ3) is 1.93. The van der Waals surface area contributed by atoms with E-state index in [1.54, 1.807) is 0 Å². The molecular formula is C7H4Cl2FNO3. The van der Waals surface area contributed by atoms with Gasteiger partial charge in [-0.25, -0.2) is 0 Å². The topological polar surface area (TPSA) is 60.2 Å². The molecule has 0 aliphatic heterocycles. The van der Waals surface area contributed by atoms with Crippen LogP contribution in [0.4, 0.5) is 4.39 Å². The maximum atomic E-state index is 13.3. The molecule has 76 valence electrons. The number of rotatable bonds is 2. The van der Waals surface area contributed by atoms with Crippen LogP contribution in [0.1, 0.15) is 0 Å². The summed E-state index contributed by atoms with van der Waals surface area (Å²) >= 11 is 10.6. The summed E-state index contributed by atoms with van der Waals surface area (Å²) in [6, 6.07) is 0. The van der Waals surface area contributed by atoms with Gasteiger partial charge in [0.15, 0.2) is 0 Å². The average molecular weight is 240 g/mol. The summed E-state index contributed by atoms with van der Waals surface area (Å²) in [6.07, 6.45) is 2.17. The number of nitro groups is 1. The molecule has 0 heterocycles. The minimum atomic E-state index is -2.85. The summed E-state index contributed by atoms with van der Waals surface area (Å²) in [6.45, 7) is 0. The van der Waals surface area contributed by atoms with E-state index >= 15 is 0 Å². The number of carbonyl (C=O) groups is 1. The number of hydrogen-bond donors (Lipinski definition) is 0. The van der Waals surface area contributed by atoms with Crippen LogP contribution in [0.25, 0.3) is 0 Å². The van der Waals surface area contributed by atoms with Crippen LogP contribution in [-0.4, -0.2) is 16.0 Å². The van der Waals surface area contributed by atoms with Gasteiger partial charge in [0.25, 0.3) is 0 Å². The Kier molecular flexibility index (Phi) is 2.92. The van der Waals surface area contributed by atoms with Crippen molar-refractivity contribution in [2.45, 2.75) is 5.79 Å². The molecule has 0 aromatic heterocycles. The zero-order valence-corrected chi connectivity index (χ0v) is 8.13. The van der Waals surface area contributed by atoms with Crippen molar-refractivity contribution in [3.05, 3.63) is 33.4 Å². The summed E-state index contributed by atoms with van der Waals surface area (Å²) in [5, 5.41) is 9.16. The van der Waals surface area contributed by atoms with Gasteiger partial charge in [0.1, 0.15) is 0 Å². The molecule has 4 nitrogen and oxygen atoms in total. The first kappa shape index (κ1) is 11.1. The lowest BCUT2D eigenvalue weighted by Gasteiger charge is -2.16. The maximum Gasteiger partial charge on any atom is 0.398 e. The van der Waals surface area contributed by atoms with E-state index in [9.17, 15) is 19.3 Å². The fraction of sp³-hybridized carbons (Fsp3) is 0.286. The van der Waals surface area contributed by atoms with E-state index in [0.29, 0.717) is 12.2 Å². The van der Waals surface area contributed by atoms with Crippen LogP contribution >= 0.6 is 23.2 Å². The summed E-state index contributed by atoms with van der Waals surface area (Å²) in [7, 11) is 0. The number of alkyl halides is 1. The van der Waals surface area contributed by atoms with Crippen LogP contribution in [0.15, 0.2) is 23.3 Å². The second-order valence-electron chi connectivity index (χ2n) is 2.65. The summed E-state index contributed by atoms with van der Waals surface area (Å²) in [5.41, 5.74) is 0. The highest BCUT2D eigenvalue weighted by molar-refractivity contribution is 6.65. The van der Waals surface area contributed by atoms with Crippen molar-refractivity contribution in [2.75, 3.05) is 0 Å². The molecule has 1 aliphatic carbocycles. The van der Waals surface area contributed by atoms with Crippen molar-refractivity contribution in [2.24, 2.45) is 5.92 Å². The molecule has 0 N–H and O–H groups in total. The summed E-state index contributed by atoms with van der Waals surface area (Å²) in [5.74, 6) is -3.85. The number of halogens is 3. The predicted octanol–water partition coefficient (Wildman–Crippen LogP) is 2.00. The van der Waals surface area contributed by atoms with Crippen molar-refractivity contribution in [1.82, 2.24) is 0 Å². The highest BCUT2D eigenvalue weighted by atomic mass is 35.5. The van der Waals surface area contributed by atoms with Gasteiger partial charge in [0.2, 0.25) is 5.24 Å². The molecule has 7 heteroatoms. The van der Waals surface area contributed by atoms with Gasteiger partial charge in [0, 0.05) is 17.2 Å². The van der Waals surface area contributed by atoms with Crippen molar-refractivity contribution in [3.63, 3.8) is 0 Å². The van der Waals surface area contributed by atoms with Gasteiger partial charge in [-0.05, 0) is 11.6 Å². The number of carbonyl (C=O) groups excluding carboxylic acids is 1. The molecule has 1 rings (SSSR count).